The van der Waals surface area contributed by atoms with Gasteiger partial charge in [-0.15, -0.1) is 0 Å². The molecule has 2 aliphatic carbocycles. The number of rotatable bonds is 5. The zero-order chi connectivity index (χ0) is 16.7. The summed E-state index contributed by atoms with van der Waals surface area (Å²) >= 11 is 0. The van der Waals surface area contributed by atoms with Crippen LogP contribution in [0, 0.1) is 0 Å². The number of aryl methyl sites for hydroxylation is 1. The standard InChI is InChI=1S/C17H21N5O2/c1-2-13-12(8-18-22-13)17(24)19-11-5-10(6-11)14-7-15(23)21-16(20-14)9-3-4-9/h7-11H,2-6H2,1H3,(H,18,22)(H,19,24)(H,20,21,23). The number of aromatic nitrogens is 4. The van der Waals surface area contributed by atoms with Crippen LogP contribution in [0.2, 0.25) is 0 Å². The van der Waals surface area contributed by atoms with Gasteiger partial charge in [-0.2, -0.15) is 5.10 Å². The van der Waals surface area contributed by atoms with Crippen molar-refractivity contribution in [3.05, 3.63) is 45.4 Å². The molecule has 2 heterocycles. The van der Waals surface area contributed by atoms with E-state index in [4.69, 9.17) is 0 Å². The first-order valence-corrected chi connectivity index (χ1v) is 8.58. The second-order valence-electron chi connectivity index (χ2n) is 6.78. The summed E-state index contributed by atoms with van der Waals surface area (Å²) in [6.45, 7) is 1.99. The normalized spacial score (nSPS) is 22.9. The summed E-state index contributed by atoms with van der Waals surface area (Å²) in [5.41, 5.74) is 2.27. The first-order valence-electron chi connectivity index (χ1n) is 8.58. The topological polar surface area (TPSA) is 104 Å². The summed E-state index contributed by atoms with van der Waals surface area (Å²) in [6, 6.07) is 1.73. The SMILES string of the molecule is CCc1[nH]ncc1C(=O)NC1CC(c2cc(=O)[nH]c(C3CC3)n2)C1. The molecule has 3 N–H and O–H groups in total. The number of H-pyrrole nitrogens is 2. The molecule has 0 spiro atoms. The van der Waals surface area contributed by atoms with Gasteiger partial charge in [0.05, 0.1) is 17.5 Å². The first-order chi connectivity index (χ1) is 11.6. The Hall–Kier alpha value is -2.44. The summed E-state index contributed by atoms with van der Waals surface area (Å²) < 4.78 is 0. The average Bonchev–Trinajstić information content (AvgIpc) is 3.27. The second-order valence-corrected chi connectivity index (χ2v) is 6.78. The van der Waals surface area contributed by atoms with Gasteiger partial charge in [0.2, 0.25) is 0 Å². The molecule has 2 saturated carbocycles. The second kappa shape index (κ2) is 5.89. The van der Waals surface area contributed by atoms with Crippen LogP contribution in [0.4, 0.5) is 0 Å². The number of amides is 1. The lowest BCUT2D eigenvalue weighted by molar-refractivity contribution is 0.0907. The van der Waals surface area contributed by atoms with Gasteiger partial charge in [-0.05, 0) is 32.1 Å². The van der Waals surface area contributed by atoms with Crippen molar-refractivity contribution in [3.63, 3.8) is 0 Å². The molecule has 0 unspecified atom stereocenters. The summed E-state index contributed by atoms with van der Waals surface area (Å²) in [5, 5.41) is 9.83. The highest BCUT2D eigenvalue weighted by molar-refractivity contribution is 5.95. The van der Waals surface area contributed by atoms with Crippen LogP contribution in [0.3, 0.4) is 0 Å². The highest BCUT2D eigenvalue weighted by Gasteiger charge is 2.34. The minimum atomic E-state index is -0.0819. The summed E-state index contributed by atoms with van der Waals surface area (Å²) in [5.74, 6) is 1.43. The summed E-state index contributed by atoms with van der Waals surface area (Å²) in [4.78, 5) is 31.6. The highest BCUT2D eigenvalue weighted by atomic mass is 16.1. The Morgan fingerprint density at radius 3 is 2.83 bits per heavy atom. The Kier molecular flexibility index (Phi) is 3.70. The molecule has 0 bridgehead atoms. The van der Waals surface area contributed by atoms with E-state index in [1.807, 2.05) is 6.92 Å². The smallest absolute Gasteiger partial charge is 0.254 e. The maximum Gasteiger partial charge on any atom is 0.254 e. The van der Waals surface area contributed by atoms with Gasteiger partial charge >= 0.3 is 0 Å². The third-order valence-corrected chi connectivity index (χ3v) is 4.95. The summed E-state index contributed by atoms with van der Waals surface area (Å²) in [7, 11) is 0. The average molecular weight is 327 g/mol. The first kappa shape index (κ1) is 15.1. The van der Waals surface area contributed by atoms with Crippen LogP contribution in [0.1, 0.15) is 72.0 Å². The van der Waals surface area contributed by atoms with Gasteiger partial charge in [-0.1, -0.05) is 6.92 Å². The zero-order valence-electron chi connectivity index (χ0n) is 13.6. The lowest BCUT2D eigenvalue weighted by Crippen LogP contribution is -2.44. The van der Waals surface area contributed by atoms with Crippen LogP contribution in [0.15, 0.2) is 17.1 Å². The lowest BCUT2D eigenvalue weighted by atomic mass is 9.78. The van der Waals surface area contributed by atoms with Crippen molar-refractivity contribution >= 4 is 5.91 Å². The molecule has 0 atom stereocenters. The molecule has 0 aliphatic heterocycles. The van der Waals surface area contributed by atoms with Gasteiger partial charge in [0.1, 0.15) is 5.82 Å². The van der Waals surface area contributed by atoms with Gasteiger partial charge < -0.3 is 10.3 Å². The van der Waals surface area contributed by atoms with Crippen LogP contribution in [-0.2, 0) is 6.42 Å². The largest absolute Gasteiger partial charge is 0.349 e. The number of aromatic amines is 2. The van der Waals surface area contributed by atoms with E-state index < -0.39 is 0 Å². The fourth-order valence-electron chi connectivity index (χ4n) is 3.27. The third kappa shape index (κ3) is 2.86. The fraction of sp³-hybridized carbons (Fsp3) is 0.529. The van der Waals surface area contributed by atoms with Gasteiger partial charge in [0, 0.05) is 29.6 Å². The Labute approximate surface area is 139 Å². The number of carbonyl (C=O) groups excluding carboxylic acids is 1. The molecule has 4 rings (SSSR count). The molecule has 0 aromatic carbocycles. The van der Waals surface area contributed by atoms with Crippen molar-refractivity contribution in [2.24, 2.45) is 0 Å². The predicted molar refractivity (Wildman–Crippen MR) is 88.0 cm³/mol. The van der Waals surface area contributed by atoms with Crippen molar-refractivity contribution in [2.45, 2.75) is 56.9 Å². The van der Waals surface area contributed by atoms with Gasteiger partial charge in [0.25, 0.3) is 11.5 Å². The van der Waals surface area contributed by atoms with Gasteiger partial charge in [-0.25, -0.2) is 4.98 Å². The fourth-order valence-corrected chi connectivity index (χ4v) is 3.27. The number of hydrogen-bond donors (Lipinski definition) is 3. The summed E-state index contributed by atoms with van der Waals surface area (Å²) in [6.07, 6.45) is 6.19. The van der Waals surface area contributed by atoms with E-state index in [9.17, 15) is 9.59 Å². The third-order valence-electron chi connectivity index (χ3n) is 4.95. The highest BCUT2D eigenvalue weighted by Crippen LogP contribution is 2.40. The molecule has 0 radical (unpaired) electrons. The monoisotopic (exact) mass is 327 g/mol. The van der Waals surface area contributed by atoms with E-state index in [1.165, 1.54) is 0 Å². The Morgan fingerprint density at radius 2 is 2.12 bits per heavy atom. The quantitative estimate of drug-likeness (QED) is 0.776. The molecule has 7 nitrogen and oxygen atoms in total. The van der Waals surface area contributed by atoms with Crippen molar-refractivity contribution in [1.29, 1.82) is 0 Å². The van der Waals surface area contributed by atoms with Crippen LogP contribution in [0.5, 0.6) is 0 Å². The molecule has 24 heavy (non-hydrogen) atoms. The molecule has 7 heteroatoms. The van der Waals surface area contributed by atoms with E-state index in [-0.39, 0.29) is 23.4 Å². The van der Waals surface area contributed by atoms with Crippen molar-refractivity contribution in [1.82, 2.24) is 25.5 Å². The van der Waals surface area contributed by atoms with Crippen molar-refractivity contribution < 1.29 is 4.79 Å². The molecule has 2 aliphatic rings. The maximum absolute atomic E-state index is 12.3. The van der Waals surface area contributed by atoms with Gasteiger partial charge in [0.15, 0.2) is 0 Å². The van der Waals surface area contributed by atoms with Crippen LogP contribution < -0.4 is 10.9 Å². The van der Waals surface area contributed by atoms with Gasteiger partial charge in [-0.3, -0.25) is 14.7 Å². The number of carbonyl (C=O) groups is 1. The van der Waals surface area contributed by atoms with E-state index >= 15 is 0 Å². The molecule has 2 fully saturated rings. The number of nitrogens with one attached hydrogen (secondary N) is 3. The zero-order valence-corrected chi connectivity index (χ0v) is 13.6. The number of nitrogens with zero attached hydrogens (tertiary/aromatic N) is 2. The minimum Gasteiger partial charge on any atom is -0.349 e. The molecule has 2 aromatic rings. The van der Waals surface area contributed by atoms with E-state index in [2.05, 4.69) is 25.5 Å². The van der Waals surface area contributed by atoms with Crippen molar-refractivity contribution in [3.8, 4) is 0 Å². The number of hydrogen-bond acceptors (Lipinski definition) is 4. The van der Waals surface area contributed by atoms with Crippen molar-refractivity contribution in [2.75, 3.05) is 0 Å². The van der Waals surface area contributed by atoms with Crippen LogP contribution in [0.25, 0.3) is 0 Å². The van der Waals surface area contributed by atoms with E-state index in [0.29, 0.717) is 11.5 Å². The van der Waals surface area contributed by atoms with Crippen LogP contribution >= 0.6 is 0 Å². The molecule has 2 aromatic heterocycles. The molecule has 0 saturated heterocycles. The van der Waals surface area contributed by atoms with E-state index in [1.54, 1.807) is 12.3 Å². The Bertz CT molecular complexity index is 814. The molecular formula is C17H21N5O2. The predicted octanol–water partition coefficient (Wildman–Crippen LogP) is 1.61. The van der Waals surface area contributed by atoms with E-state index in [0.717, 1.165) is 49.3 Å². The Balaban J connectivity index is 1.38. The lowest BCUT2D eigenvalue weighted by Gasteiger charge is -2.35. The minimum absolute atomic E-state index is 0.0691. The molecule has 126 valence electrons. The Morgan fingerprint density at radius 1 is 1.33 bits per heavy atom. The molecule has 1 amide bonds. The molecular weight excluding hydrogens is 306 g/mol. The van der Waals surface area contributed by atoms with Crippen LogP contribution in [-0.4, -0.2) is 32.1 Å². The maximum atomic E-state index is 12.3.